The highest BCUT2D eigenvalue weighted by atomic mass is 19.4. The second-order valence-corrected chi connectivity index (χ2v) is 6.43. The first-order valence-electron chi connectivity index (χ1n) is 8.14. The normalized spacial score (nSPS) is 19.2. The summed E-state index contributed by atoms with van der Waals surface area (Å²) in [5.74, 6) is -0.934. The molecule has 0 radical (unpaired) electrons. The Morgan fingerprint density at radius 2 is 2.16 bits per heavy atom. The highest BCUT2D eigenvalue weighted by Gasteiger charge is 2.35. The van der Waals surface area contributed by atoms with E-state index in [-0.39, 0.29) is 37.4 Å². The van der Waals surface area contributed by atoms with E-state index in [9.17, 15) is 22.8 Å². The molecule has 0 spiro atoms. The summed E-state index contributed by atoms with van der Waals surface area (Å²) in [7, 11) is 0. The van der Waals surface area contributed by atoms with Crippen LogP contribution in [0, 0.1) is 5.92 Å². The van der Waals surface area contributed by atoms with Gasteiger partial charge in [0.25, 0.3) is 0 Å². The molecule has 3 N–H and O–H groups in total. The van der Waals surface area contributed by atoms with Crippen molar-refractivity contribution in [2.75, 3.05) is 13.1 Å². The van der Waals surface area contributed by atoms with Crippen LogP contribution in [0.25, 0.3) is 0 Å². The molecule has 1 saturated heterocycles. The van der Waals surface area contributed by atoms with Gasteiger partial charge in [0.2, 0.25) is 11.8 Å². The van der Waals surface area contributed by atoms with E-state index in [4.69, 9.17) is 5.73 Å². The molecular weight excluding hydrogens is 335 g/mol. The van der Waals surface area contributed by atoms with Crippen LogP contribution in [0.2, 0.25) is 0 Å². The number of hydrogen-bond acceptors (Lipinski definition) is 3. The Labute approximate surface area is 144 Å². The number of hydrogen-bond donors (Lipinski definition) is 2. The van der Waals surface area contributed by atoms with Gasteiger partial charge in [-0.15, -0.1) is 0 Å². The van der Waals surface area contributed by atoms with Crippen LogP contribution in [0.1, 0.15) is 30.9 Å². The molecule has 0 bridgehead atoms. The summed E-state index contributed by atoms with van der Waals surface area (Å²) in [6.45, 7) is 2.54. The lowest BCUT2D eigenvalue weighted by atomic mass is 10.1. The van der Waals surface area contributed by atoms with Crippen LogP contribution < -0.4 is 11.1 Å². The van der Waals surface area contributed by atoms with Crippen LogP contribution in [-0.2, 0) is 22.3 Å². The number of carbonyl (C=O) groups excluding carboxylic acids is 2. The van der Waals surface area contributed by atoms with Gasteiger partial charge in [-0.25, -0.2) is 0 Å². The van der Waals surface area contributed by atoms with E-state index in [1.54, 1.807) is 6.07 Å². The maximum Gasteiger partial charge on any atom is 0.416 e. The fourth-order valence-electron chi connectivity index (χ4n) is 2.73. The number of rotatable bonds is 6. The molecule has 0 aromatic heterocycles. The minimum atomic E-state index is -4.42. The molecular formula is C17H22F3N3O2. The lowest BCUT2D eigenvalue weighted by Crippen LogP contribution is -2.35. The van der Waals surface area contributed by atoms with Gasteiger partial charge in [-0.3, -0.25) is 9.59 Å². The third-order valence-corrected chi connectivity index (χ3v) is 4.11. The fraction of sp³-hybridized carbons (Fsp3) is 0.529. The van der Waals surface area contributed by atoms with Gasteiger partial charge in [0.1, 0.15) is 0 Å². The second kappa shape index (κ2) is 7.86. The van der Waals surface area contributed by atoms with Crippen molar-refractivity contribution in [2.24, 2.45) is 11.7 Å². The summed E-state index contributed by atoms with van der Waals surface area (Å²) in [5, 5.41) is 2.74. The number of nitrogens with one attached hydrogen (secondary N) is 1. The molecule has 2 amide bonds. The van der Waals surface area contributed by atoms with Crippen molar-refractivity contribution >= 4 is 11.8 Å². The van der Waals surface area contributed by atoms with Crippen molar-refractivity contribution in [3.8, 4) is 0 Å². The molecule has 5 nitrogen and oxygen atoms in total. The predicted molar refractivity (Wildman–Crippen MR) is 86.2 cm³/mol. The van der Waals surface area contributed by atoms with Crippen LogP contribution in [0.4, 0.5) is 13.2 Å². The van der Waals surface area contributed by atoms with Gasteiger partial charge in [-0.2, -0.15) is 13.2 Å². The molecule has 8 heteroatoms. The van der Waals surface area contributed by atoms with Gasteiger partial charge in [-0.05, 0) is 31.0 Å². The van der Waals surface area contributed by atoms with Crippen molar-refractivity contribution in [3.05, 3.63) is 35.4 Å². The zero-order valence-corrected chi connectivity index (χ0v) is 14.0. The zero-order valence-electron chi connectivity index (χ0n) is 14.0. The summed E-state index contributed by atoms with van der Waals surface area (Å²) >= 11 is 0. The van der Waals surface area contributed by atoms with Crippen LogP contribution in [-0.4, -0.2) is 35.8 Å². The van der Waals surface area contributed by atoms with Crippen molar-refractivity contribution in [1.82, 2.24) is 10.2 Å². The number of alkyl halides is 3. The summed E-state index contributed by atoms with van der Waals surface area (Å²) in [5.41, 5.74) is 5.25. The Balaban J connectivity index is 1.94. The number of likely N-dealkylation sites (tertiary alicyclic amines) is 1. The minimum absolute atomic E-state index is 0.0251. The number of nitrogens with two attached hydrogens (primary N) is 1. The van der Waals surface area contributed by atoms with Crippen molar-refractivity contribution in [2.45, 2.75) is 38.5 Å². The maximum atomic E-state index is 12.8. The SMILES string of the molecule is CC(N)CCNC(=O)C1CC(=O)N(Cc2cccc(C(F)(F)F)c2)C1. The van der Waals surface area contributed by atoms with Gasteiger partial charge in [0.05, 0.1) is 11.5 Å². The summed E-state index contributed by atoms with van der Waals surface area (Å²) in [6.07, 6.45) is -3.71. The van der Waals surface area contributed by atoms with E-state index in [0.717, 1.165) is 12.1 Å². The molecule has 1 aromatic carbocycles. The quantitative estimate of drug-likeness (QED) is 0.817. The molecule has 138 valence electrons. The summed E-state index contributed by atoms with van der Waals surface area (Å²) in [4.78, 5) is 25.6. The Bertz CT molecular complexity index is 632. The lowest BCUT2D eigenvalue weighted by Gasteiger charge is -2.18. The second-order valence-electron chi connectivity index (χ2n) is 6.43. The van der Waals surface area contributed by atoms with Crippen molar-refractivity contribution < 1.29 is 22.8 Å². The minimum Gasteiger partial charge on any atom is -0.356 e. The zero-order chi connectivity index (χ0) is 18.6. The Morgan fingerprint density at radius 1 is 1.44 bits per heavy atom. The number of amides is 2. The van der Waals surface area contributed by atoms with Crippen LogP contribution >= 0.6 is 0 Å². The van der Waals surface area contributed by atoms with E-state index in [1.807, 2.05) is 6.92 Å². The van der Waals surface area contributed by atoms with E-state index in [0.29, 0.717) is 18.5 Å². The van der Waals surface area contributed by atoms with Gasteiger partial charge < -0.3 is 16.0 Å². The third kappa shape index (κ3) is 5.45. The number of halogens is 3. The monoisotopic (exact) mass is 357 g/mol. The van der Waals surface area contributed by atoms with Crippen LogP contribution in [0.5, 0.6) is 0 Å². The van der Waals surface area contributed by atoms with E-state index >= 15 is 0 Å². The smallest absolute Gasteiger partial charge is 0.356 e. The number of carbonyl (C=O) groups is 2. The maximum absolute atomic E-state index is 12.8. The largest absolute Gasteiger partial charge is 0.416 e. The molecule has 1 aromatic rings. The Hall–Kier alpha value is -2.09. The average molecular weight is 357 g/mol. The van der Waals surface area contributed by atoms with E-state index in [1.165, 1.54) is 11.0 Å². The van der Waals surface area contributed by atoms with Crippen LogP contribution in [0.3, 0.4) is 0 Å². The first kappa shape index (κ1) is 19.2. The van der Waals surface area contributed by atoms with Gasteiger partial charge >= 0.3 is 6.18 Å². The molecule has 1 aliphatic heterocycles. The van der Waals surface area contributed by atoms with E-state index in [2.05, 4.69) is 5.32 Å². The van der Waals surface area contributed by atoms with Gasteiger partial charge in [0.15, 0.2) is 0 Å². The average Bonchev–Trinajstić information content (AvgIpc) is 2.87. The Kier molecular flexibility index (Phi) is 6.05. The molecule has 1 fully saturated rings. The molecule has 25 heavy (non-hydrogen) atoms. The van der Waals surface area contributed by atoms with Crippen molar-refractivity contribution in [3.63, 3.8) is 0 Å². The molecule has 0 saturated carbocycles. The van der Waals surface area contributed by atoms with Gasteiger partial charge in [0, 0.05) is 32.1 Å². The number of benzene rings is 1. The lowest BCUT2D eigenvalue weighted by molar-refractivity contribution is -0.137. The molecule has 0 aliphatic carbocycles. The standard InChI is InChI=1S/C17H22F3N3O2/c1-11(21)5-6-22-16(25)13-8-15(24)23(10-13)9-12-3-2-4-14(7-12)17(18,19)20/h2-4,7,11,13H,5-6,8-10,21H2,1H3,(H,22,25). The van der Waals surface area contributed by atoms with Crippen LogP contribution in [0.15, 0.2) is 24.3 Å². The number of nitrogens with zero attached hydrogens (tertiary/aromatic N) is 1. The molecule has 2 unspecified atom stereocenters. The highest BCUT2D eigenvalue weighted by molar-refractivity contribution is 5.89. The van der Waals surface area contributed by atoms with Crippen molar-refractivity contribution in [1.29, 1.82) is 0 Å². The first-order chi connectivity index (χ1) is 11.7. The fourth-order valence-corrected chi connectivity index (χ4v) is 2.73. The summed E-state index contributed by atoms with van der Waals surface area (Å²) in [6, 6.07) is 4.85. The van der Waals surface area contributed by atoms with Gasteiger partial charge in [-0.1, -0.05) is 12.1 Å². The highest BCUT2D eigenvalue weighted by Crippen LogP contribution is 2.30. The third-order valence-electron chi connectivity index (χ3n) is 4.11. The predicted octanol–water partition coefficient (Wildman–Crippen LogP) is 1.91. The molecule has 2 rings (SSSR count). The summed E-state index contributed by atoms with van der Waals surface area (Å²) < 4.78 is 38.3. The molecule has 2 atom stereocenters. The molecule has 1 heterocycles. The molecule has 1 aliphatic rings. The topological polar surface area (TPSA) is 75.4 Å². The first-order valence-corrected chi connectivity index (χ1v) is 8.14. The Morgan fingerprint density at radius 3 is 2.80 bits per heavy atom. The van der Waals surface area contributed by atoms with E-state index < -0.39 is 17.7 Å².